The maximum Gasteiger partial charge on any atom is 0.374 e. The Hall–Kier alpha value is -2.88. The number of benzene rings is 2. The van der Waals surface area contributed by atoms with Crippen molar-refractivity contribution < 1.29 is 19.1 Å². The topological polar surface area (TPSA) is 52.6 Å². The van der Waals surface area contributed by atoms with Gasteiger partial charge in [-0.1, -0.05) is 54.6 Å². The molecule has 0 saturated heterocycles. The Labute approximate surface area is 135 Å². The minimum absolute atomic E-state index is 0.116. The van der Waals surface area contributed by atoms with Gasteiger partial charge in [-0.2, -0.15) is 0 Å². The first-order valence-electron chi connectivity index (χ1n) is 7.18. The maximum atomic E-state index is 12.2. The Morgan fingerprint density at radius 1 is 1.00 bits per heavy atom. The lowest BCUT2D eigenvalue weighted by Crippen LogP contribution is -2.12. The summed E-state index contributed by atoms with van der Waals surface area (Å²) in [5.41, 5.74) is 2.22. The number of allylic oxidation sites excluding steroid dienone is 1. The van der Waals surface area contributed by atoms with E-state index in [0.717, 1.165) is 17.2 Å². The summed E-state index contributed by atoms with van der Waals surface area (Å²) in [6.45, 7) is 1.96. The molecule has 0 aliphatic carbocycles. The zero-order valence-electron chi connectivity index (χ0n) is 13.1. The highest BCUT2D eigenvalue weighted by molar-refractivity contribution is 6.08. The van der Waals surface area contributed by atoms with Crippen LogP contribution in [-0.4, -0.2) is 18.9 Å². The number of ether oxygens (including phenoxy) is 2. The Morgan fingerprint density at radius 3 is 2.30 bits per heavy atom. The van der Waals surface area contributed by atoms with Gasteiger partial charge in [-0.05, 0) is 18.1 Å². The van der Waals surface area contributed by atoms with Crippen LogP contribution in [0, 0.1) is 6.92 Å². The molecule has 0 amide bonds. The van der Waals surface area contributed by atoms with Gasteiger partial charge < -0.3 is 9.47 Å². The van der Waals surface area contributed by atoms with Crippen molar-refractivity contribution >= 4 is 11.8 Å². The quantitative estimate of drug-likeness (QED) is 0.355. The van der Waals surface area contributed by atoms with Crippen molar-refractivity contribution in [3.8, 4) is 0 Å². The van der Waals surface area contributed by atoms with Crippen LogP contribution >= 0.6 is 0 Å². The van der Waals surface area contributed by atoms with Crippen LogP contribution in [0.2, 0.25) is 0 Å². The van der Waals surface area contributed by atoms with Crippen molar-refractivity contribution in [3.05, 3.63) is 83.1 Å². The molecule has 4 nitrogen and oxygen atoms in total. The lowest BCUT2D eigenvalue weighted by Gasteiger charge is -2.08. The fourth-order valence-electron chi connectivity index (χ4n) is 2.04. The van der Waals surface area contributed by atoms with Crippen molar-refractivity contribution in [3.63, 3.8) is 0 Å². The smallest absolute Gasteiger partial charge is 0.374 e. The van der Waals surface area contributed by atoms with Crippen molar-refractivity contribution in [2.24, 2.45) is 0 Å². The standard InChI is InChI=1S/C19H18O4/c1-14-8-6-7-11-16(14)17(20)12-18(22-2)19(21)23-13-15-9-4-3-5-10-15/h3-12H,13H2,1-2H3. The van der Waals surface area contributed by atoms with Crippen LogP contribution < -0.4 is 0 Å². The zero-order chi connectivity index (χ0) is 16.7. The number of hydrogen-bond acceptors (Lipinski definition) is 4. The molecule has 0 atom stereocenters. The van der Waals surface area contributed by atoms with Crippen molar-refractivity contribution in [1.82, 2.24) is 0 Å². The number of ketones is 1. The highest BCUT2D eigenvalue weighted by Gasteiger charge is 2.15. The van der Waals surface area contributed by atoms with Crippen molar-refractivity contribution in [2.75, 3.05) is 7.11 Å². The Kier molecular flexibility index (Phi) is 5.69. The lowest BCUT2D eigenvalue weighted by atomic mass is 10.0. The fraction of sp³-hybridized carbons (Fsp3) is 0.158. The van der Waals surface area contributed by atoms with Gasteiger partial charge in [0.25, 0.3) is 0 Å². The first-order valence-corrected chi connectivity index (χ1v) is 7.18. The summed E-state index contributed by atoms with van der Waals surface area (Å²) in [7, 11) is 1.33. The summed E-state index contributed by atoms with van der Waals surface area (Å²) in [4.78, 5) is 24.3. The van der Waals surface area contributed by atoms with Crippen LogP contribution in [0.25, 0.3) is 0 Å². The van der Waals surface area contributed by atoms with E-state index in [1.807, 2.05) is 49.4 Å². The zero-order valence-corrected chi connectivity index (χ0v) is 13.1. The molecule has 2 aromatic carbocycles. The predicted octanol–water partition coefficient (Wildman–Crippen LogP) is 3.45. The Balaban J connectivity index is 2.07. The van der Waals surface area contributed by atoms with Crippen molar-refractivity contribution in [2.45, 2.75) is 13.5 Å². The molecular weight excluding hydrogens is 292 g/mol. The molecule has 2 aromatic rings. The number of carbonyl (C=O) groups excluding carboxylic acids is 2. The third-order valence-electron chi connectivity index (χ3n) is 3.31. The third-order valence-corrected chi connectivity index (χ3v) is 3.31. The molecule has 0 spiro atoms. The van der Waals surface area contributed by atoms with Gasteiger partial charge in [0.2, 0.25) is 5.76 Å². The first kappa shape index (κ1) is 16.5. The van der Waals surface area contributed by atoms with Crippen molar-refractivity contribution in [1.29, 1.82) is 0 Å². The first-order chi connectivity index (χ1) is 11.1. The number of carbonyl (C=O) groups is 2. The molecule has 23 heavy (non-hydrogen) atoms. The summed E-state index contributed by atoms with van der Waals surface area (Å²) < 4.78 is 10.2. The van der Waals surface area contributed by atoms with E-state index in [9.17, 15) is 9.59 Å². The molecule has 0 aliphatic rings. The second-order valence-corrected chi connectivity index (χ2v) is 4.95. The minimum atomic E-state index is -0.668. The molecule has 0 N–H and O–H groups in total. The average molecular weight is 310 g/mol. The second-order valence-electron chi connectivity index (χ2n) is 4.95. The highest BCUT2D eigenvalue weighted by atomic mass is 16.6. The van der Waals surface area contributed by atoms with E-state index in [2.05, 4.69) is 0 Å². The molecule has 118 valence electrons. The van der Waals surface area contributed by atoms with Gasteiger partial charge in [0.05, 0.1) is 7.11 Å². The van der Waals surface area contributed by atoms with Gasteiger partial charge in [-0.25, -0.2) is 4.79 Å². The molecule has 0 radical (unpaired) electrons. The van der Waals surface area contributed by atoms with Gasteiger partial charge in [0.15, 0.2) is 5.78 Å². The van der Waals surface area contributed by atoms with E-state index in [0.29, 0.717) is 5.56 Å². The molecule has 2 rings (SSSR count). The number of aryl methyl sites for hydroxylation is 1. The van der Waals surface area contributed by atoms with Gasteiger partial charge in [0, 0.05) is 11.6 Å². The monoisotopic (exact) mass is 310 g/mol. The van der Waals surface area contributed by atoms with E-state index in [1.54, 1.807) is 12.1 Å². The maximum absolute atomic E-state index is 12.2. The molecule has 0 fully saturated rings. The Bertz CT molecular complexity index is 717. The fourth-order valence-corrected chi connectivity index (χ4v) is 2.04. The Morgan fingerprint density at radius 2 is 1.65 bits per heavy atom. The van der Waals surface area contributed by atoms with Crippen LogP contribution in [0.1, 0.15) is 21.5 Å². The SMILES string of the molecule is COC(=CC(=O)c1ccccc1C)C(=O)OCc1ccccc1. The lowest BCUT2D eigenvalue weighted by molar-refractivity contribution is -0.143. The van der Waals surface area contributed by atoms with Crippen LogP contribution in [0.3, 0.4) is 0 Å². The third kappa shape index (κ3) is 4.54. The van der Waals surface area contributed by atoms with Gasteiger partial charge in [0.1, 0.15) is 6.61 Å². The number of hydrogen-bond donors (Lipinski definition) is 0. The molecule has 0 unspecified atom stereocenters. The molecule has 0 aromatic heterocycles. The van der Waals surface area contributed by atoms with Gasteiger partial charge >= 0.3 is 5.97 Å². The van der Waals surface area contributed by atoms with Gasteiger partial charge in [-0.15, -0.1) is 0 Å². The summed E-state index contributed by atoms with van der Waals surface area (Å²) in [6.07, 6.45) is 1.16. The molecule has 0 bridgehead atoms. The summed E-state index contributed by atoms with van der Waals surface area (Å²) in [5.74, 6) is -1.08. The highest BCUT2D eigenvalue weighted by Crippen LogP contribution is 2.11. The average Bonchev–Trinajstić information content (AvgIpc) is 2.58. The van der Waals surface area contributed by atoms with Gasteiger partial charge in [-0.3, -0.25) is 4.79 Å². The minimum Gasteiger partial charge on any atom is -0.490 e. The number of esters is 1. The van der Waals surface area contributed by atoms with Crippen LogP contribution in [0.15, 0.2) is 66.4 Å². The van der Waals surface area contributed by atoms with E-state index in [4.69, 9.17) is 9.47 Å². The van der Waals surface area contributed by atoms with E-state index >= 15 is 0 Å². The molecular formula is C19H18O4. The van der Waals surface area contributed by atoms with E-state index in [-0.39, 0.29) is 18.1 Å². The molecule has 4 heteroatoms. The predicted molar refractivity (Wildman–Crippen MR) is 86.8 cm³/mol. The van der Waals surface area contributed by atoms with E-state index in [1.165, 1.54) is 7.11 Å². The van der Waals surface area contributed by atoms with Crippen LogP contribution in [0.4, 0.5) is 0 Å². The summed E-state index contributed by atoms with van der Waals surface area (Å²) in [5, 5.41) is 0. The normalized spacial score (nSPS) is 11.0. The van der Waals surface area contributed by atoms with Crippen LogP contribution in [0.5, 0.6) is 0 Å². The van der Waals surface area contributed by atoms with Crippen LogP contribution in [-0.2, 0) is 20.9 Å². The second kappa shape index (κ2) is 7.94. The molecule has 0 aliphatic heterocycles. The summed E-state index contributed by atoms with van der Waals surface area (Å²) >= 11 is 0. The number of methoxy groups -OCH3 is 1. The van der Waals surface area contributed by atoms with E-state index < -0.39 is 5.97 Å². The largest absolute Gasteiger partial charge is 0.490 e. The molecule has 0 heterocycles. The number of rotatable bonds is 6. The summed E-state index contributed by atoms with van der Waals surface area (Å²) in [6, 6.07) is 16.5. The molecule has 0 saturated carbocycles.